The minimum Gasteiger partial charge on any atom is -0.474 e. The molecule has 172 valence electrons. The van der Waals surface area contributed by atoms with Gasteiger partial charge in [0.05, 0.1) is 11.5 Å². The monoisotopic (exact) mass is 444 g/mol. The summed E-state index contributed by atoms with van der Waals surface area (Å²) in [6.45, 7) is 4.17. The lowest BCUT2D eigenvalue weighted by Crippen LogP contribution is -2.49. The summed E-state index contributed by atoms with van der Waals surface area (Å²) in [5.74, 6) is 0.261. The van der Waals surface area contributed by atoms with Gasteiger partial charge < -0.3 is 25.0 Å². The fourth-order valence-electron chi connectivity index (χ4n) is 2.56. The fourth-order valence-corrected chi connectivity index (χ4v) is 2.56. The Kier molecular flexibility index (Phi) is 8.54. The van der Waals surface area contributed by atoms with E-state index >= 15 is 0 Å². The summed E-state index contributed by atoms with van der Waals surface area (Å²) in [5, 5.41) is 16.1. The topological polar surface area (TPSA) is 123 Å². The first-order chi connectivity index (χ1) is 15.1. The van der Waals surface area contributed by atoms with Gasteiger partial charge >= 0.3 is 0 Å². The standard InChI is InChI=1S/C22H28N4O6/c1-22(2,21(28)24-15-20(27)23-13-14-25(3)4)32-19-8-6-5-7-18(19)31-17-11-9-16(10-12-17)26(29)30/h5-12H,13-15H2,1-4H3,(H,23,27)(H,24,28). The predicted molar refractivity (Wildman–Crippen MR) is 119 cm³/mol. The summed E-state index contributed by atoms with van der Waals surface area (Å²) in [6.07, 6.45) is 0. The number of nitro benzene ring substituents is 1. The van der Waals surface area contributed by atoms with Crippen LogP contribution in [0.25, 0.3) is 0 Å². The summed E-state index contributed by atoms with van der Waals surface area (Å²) in [5.41, 5.74) is -1.34. The zero-order chi connectivity index (χ0) is 23.7. The molecular formula is C22H28N4O6. The molecule has 2 aromatic rings. The highest BCUT2D eigenvalue weighted by molar-refractivity contribution is 5.89. The number of carbonyl (C=O) groups is 2. The first-order valence-electron chi connectivity index (χ1n) is 9.98. The maximum absolute atomic E-state index is 12.6. The van der Waals surface area contributed by atoms with Crippen LogP contribution in [0, 0.1) is 10.1 Å². The van der Waals surface area contributed by atoms with Crippen LogP contribution in [0.4, 0.5) is 5.69 Å². The molecule has 2 amide bonds. The molecule has 0 aliphatic rings. The van der Waals surface area contributed by atoms with Crippen molar-refractivity contribution in [1.82, 2.24) is 15.5 Å². The number of nitrogens with one attached hydrogen (secondary N) is 2. The number of ether oxygens (including phenoxy) is 2. The molecule has 10 heteroatoms. The van der Waals surface area contributed by atoms with E-state index < -0.39 is 16.4 Å². The van der Waals surface area contributed by atoms with E-state index in [0.29, 0.717) is 30.3 Å². The highest BCUT2D eigenvalue weighted by atomic mass is 16.6. The Bertz CT molecular complexity index is 944. The second kappa shape index (κ2) is 11.1. The second-order valence-electron chi connectivity index (χ2n) is 7.75. The third-order valence-corrected chi connectivity index (χ3v) is 4.33. The number of amides is 2. The van der Waals surface area contributed by atoms with Crippen molar-refractivity contribution < 1.29 is 24.0 Å². The molecule has 0 saturated carbocycles. The van der Waals surface area contributed by atoms with Crippen molar-refractivity contribution in [2.75, 3.05) is 33.7 Å². The second-order valence-corrected chi connectivity index (χ2v) is 7.75. The molecule has 0 aliphatic carbocycles. The Hall–Kier alpha value is -3.66. The van der Waals surface area contributed by atoms with E-state index in [9.17, 15) is 19.7 Å². The molecule has 0 radical (unpaired) electrons. The molecule has 0 bridgehead atoms. The largest absolute Gasteiger partial charge is 0.474 e. The van der Waals surface area contributed by atoms with E-state index in [2.05, 4.69) is 10.6 Å². The van der Waals surface area contributed by atoms with Crippen LogP contribution in [0.15, 0.2) is 48.5 Å². The SMILES string of the molecule is CN(C)CCNC(=O)CNC(=O)C(C)(C)Oc1ccccc1Oc1ccc([N+](=O)[O-])cc1. The van der Waals surface area contributed by atoms with E-state index in [1.54, 1.807) is 38.1 Å². The number of benzene rings is 2. The van der Waals surface area contributed by atoms with Crippen molar-refractivity contribution in [3.63, 3.8) is 0 Å². The van der Waals surface area contributed by atoms with Gasteiger partial charge in [-0.15, -0.1) is 0 Å². The lowest BCUT2D eigenvalue weighted by atomic mass is 10.1. The van der Waals surface area contributed by atoms with E-state index in [1.807, 2.05) is 19.0 Å². The van der Waals surface area contributed by atoms with Crippen LogP contribution in [-0.2, 0) is 9.59 Å². The van der Waals surface area contributed by atoms with Gasteiger partial charge in [-0.1, -0.05) is 12.1 Å². The highest BCUT2D eigenvalue weighted by Gasteiger charge is 2.31. The third-order valence-electron chi connectivity index (χ3n) is 4.33. The normalized spacial score (nSPS) is 11.0. The maximum Gasteiger partial charge on any atom is 0.269 e. The zero-order valence-electron chi connectivity index (χ0n) is 18.6. The summed E-state index contributed by atoms with van der Waals surface area (Å²) < 4.78 is 11.7. The van der Waals surface area contributed by atoms with E-state index in [-0.39, 0.29) is 18.1 Å². The van der Waals surface area contributed by atoms with Gasteiger partial charge in [0.25, 0.3) is 11.6 Å². The Morgan fingerprint density at radius 2 is 1.66 bits per heavy atom. The molecule has 2 rings (SSSR count). The number of likely N-dealkylation sites (N-methyl/N-ethyl adjacent to an activating group) is 1. The van der Waals surface area contributed by atoms with Crippen LogP contribution in [0.3, 0.4) is 0 Å². The minimum atomic E-state index is -1.29. The number of rotatable bonds is 11. The highest BCUT2D eigenvalue weighted by Crippen LogP contribution is 2.34. The van der Waals surface area contributed by atoms with E-state index in [4.69, 9.17) is 9.47 Å². The van der Waals surface area contributed by atoms with Crippen LogP contribution in [0.2, 0.25) is 0 Å². The van der Waals surface area contributed by atoms with Crippen molar-refractivity contribution >= 4 is 17.5 Å². The molecule has 2 aromatic carbocycles. The number of hydrogen-bond acceptors (Lipinski definition) is 7. The molecule has 0 spiro atoms. The van der Waals surface area contributed by atoms with Crippen molar-refractivity contribution in [2.45, 2.75) is 19.4 Å². The molecule has 0 aliphatic heterocycles. The maximum atomic E-state index is 12.6. The Morgan fingerprint density at radius 3 is 2.25 bits per heavy atom. The number of nitro groups is 1. The average Bonchev–Trinajstić information content (AvgIpc) is 2.73. The number of para-hydroxylation sites is 2. The Morgan fingerprint density at radius 1 is 1.03 bits per heavy atom. The van der Waals surface area contributed by atoms with Crippen LogP contribution in [-0.4, -0.2) is 61.0 Å². The summed E-state index contributed by atoms with van der Waals surface area (Å²) in [4.78, 5) is 36.7. The summed E-state index contributed by atoms with van der Waals surface area (Å²) in [7, 11) is 3.80. The summed E-state index contributed by atoms with van der Waals surface area (Å²) >= 11 is 0. The van der Waals surface area contributed by atoms with Gasteiger partial charge in [0, 0.05) is 25.2 Å². The van der Waals surface area contributed by atoms with Crippen molar-refractivity contribution in [1.29, 1.82) is 0 Å². The molecule has 0 fully saturated rings. The predicted octanol–water partition coefficient (Wildman–Crippen LogP) is 2.34. The quantitative estimate of drug-likeness (QED) is 0.403. The van der Waals surface area contributed by atoms with Gasteiger partial charge in [0.15, 0.2) is 17.1 Å². The molecule has 0 atom stereocenters. The van der Waals surface area contributed by atoms with Crippen molar-refractivity contribution in [3.05, 3.63) is 58.6 Å². The molecule has 0 aromatic heterocycles. The third kappa shape index (κ3) is 7.55. The lowest BCUT2D eigenvalue weighted by molar-refractivity contribution is -0.384. The number of carbonyl (C=O) groups excluding carboxylic acids is 2. The number of hydrogen-bond donors (Lipinski definition) is 2. The van der Waals surface area contributed by atoms with E-state index in [0.717, 1.165) is 0 Å². The van der Waals surface area contributed by atoms with Gasteiger partial charge in [0.1, 0.15) is 5.75 Å². The van der Waals surface area contributed by atoms with Gasteiger partial charge in [-0.3, -0.25) is 19.7 Å². The fraction of sp³-hybridized carbons (Fsp3) is 0.364. The molecule has 2 N–H and O–H groups in total. The van der Waals surface area contributed by atoms with Gasteiger partial charge in [-0.2, -0.15) is 0 Å². The average molecular weight is 444 g/mol. The lowest BCUT2D eigenvalue weighted by Gasteiger charge is -2.26. The van der Waals surface area contributed by atoms with Crippen molar-refractivity contribution in [3.8, 4) is 17.2 Å². The first kappa shape index (κ1) is 24.6. The molecular weight excluding hydrogens is 416 g/mol. The summed E-state index contributed by atoms with van der Waals surface area (Å²) in [6, 6.07) is 12.4. The van der Waals surface area contributed by atoms with Crippen LogP contribution in [0.1, 0.15) is 13.8 Å². The molecule has 32 heavy (non-hydrogen) atoms. The molecule has 10 nitrogen and oxygen atoms in total. The molecule has 0 unspecified atom stereocenters. The number of non-ortho nitro benzene ring substituents is 1. The van der Waals surface area contributed by atoms with E-state index in [1.165, 1.54) is 24.3 Å². The van der Waals surface area contributed by atoms with Gasteiger partial charge in [-0.05, 0) is 52.2 Å². The van der Waals surface area contributed by atoms with Crippen molar-refractivity contribution in [2.24, 2.45) is 0 Å². The van der Waals surface area contributed by atoms with Crippen LogP contribution >= 0.6 is 0 Å². The zero-order valence-corrected chi connectivity index (χ0v) is 18.6. The van der Waals surface area contributed by atoms with Crippen LogP contribution < -0.4 is 20.1 Å². The van der Waals surface area contributed by atoms with Gasteiger partial charge in [-0.25, -0.2) is 0 Å². The smallest absolute Gasteiger partial charge is 0.269 e. The molecule has 0 heterocycles. The minimum absolute atomic E-state index is 0.0505. The molecule has 0 saturated heterocycles. The number of nitrogens with zero attached hydrogens (tertiary/aromatic N) is 2. The first-order valence-corrected chi connectivity index (χ1v) is 9.98. The van der Waals surface area contributed by atoms with Gasteiger partial charge in [0.2, 0.25) is 5.91 Å². The Balaban J connectivity index is 1.99. The van der Waals surface area contributed by atoms with Crippen LogP contribution in [0.5, 0.6) is 17.2 Å². The Labute approximate surface area is 186 Å².